The van der Waals surface area contributed by atoms with Gasteiger partial charge in [0.05, 0.1) is 14.2 Å². The van der Waals surface area contributed by atoms with Gasteiger partial charge in [-0.2, -0.15) is 4.79 Å². The smallest absolute Gasteiger partial charge is 0.323 e. The molecule has 0 radical (unpaired) electrons. The molecule has 0 aliphatic carbocycles. The zero-order valence-electron chi connectivity index (χ0n) is 13.8. The maximum Gasteiger partial charge on any atom is 0.323 e. The molecule has 5 heteroatoms. The summed E-state index contributed by atoms with van der Waals surface area (Å²) in [5.41, 5.74) is 10.4. The summed E-state index contributed by atoms with van der Waals surface area (Å²) in [7, 11) is 3.18. The van der Waals surface area contributed by atoms with E-state index in [0.29, 0.717) is 11.5 Å². The van der Waals surface area contributed by atoms with E-state index in [0.717, 1.165) is 22.9 Å². The summed E-state index contributed by atoms with van der Waals surface area (Å²) in [5, 5.41) is 0. The predicted molar refractivity (Wildman–Crippen MR) is 85.8 cm³/mol. The Morgan fingerprint density at radius 2 is 1.95 bits per heavy atom. The number of allylic oxidation sites excluding steroid dienone is 1. The molecule has 0 bridgehead atoms. The van der Waals surface area contributed by atoms with Crippen LogP contribution in [0.15, 0.2) is 24.3 Å². The van der Waals surface area contributed by atoms with E-state index < -0.39 is 5.41 Å². The van der Waals surface area contributed by atoms with Crippen LogP contribution in [0.25, 0.3) is 5.53 Å². The molecule has 0 aromatic heterocycles. The first-order valence-electron chi connectivity index (χ1n) is 6.89. The molecule has 1 aromatic rings. The fourth-order valence-electron chi connectivity index (χ4n) is 2.42. The van der Waals surface area contributed by atoms with Crippen molar-refractivity contribution in [3.05, 3.63) is 40.9 Å². The standard InChI is InChI=1S/C17H22N2O3/c1-11(2)17(4,9-13(20)10-19-18)14-8-15(21-5)12(3)7-16(14)22-6/h7-8,10H,1,9H2,2-6H3. The van der Waals surface area contributed by atoms with Crippen molar-refractivity contribution < 1.29 is 19.1 Å². The Morgan fingerprint density at radius 3 is 2.41 bits per heavy atom. The lowest BCUT2D eigenvalue weighted by Gasteiger charge is -2.31. The summed E-state index contributed by atoms with van der Waals surface area (Å²) in [6.07, 6.45) is 1.02. The van der Waals surface area contributed by atoms with Gasteiger partial charge in [-0.15, -0.1) is 0 Å². The summed E-state index contributed by atoms with van der Waals surface area (Å²) < 4.78 is 10.8. The highest BCUT2D eigenvalue weighted by Gasteiger charge is 2.34. The van der Waals surface area contributed by atoms with Crippen LogP contribution < -0.4 is 9.47 Å². The summed E-state index contributed by atoms with van der Waals surface area (Å²) in [4.78, 5) is 14.7. The third-order valence-corrected chi connectivity index (χ3v) is 3.98. The topological polar surface area (TPSA) is 71.9 Å². The molecule has 0 spiro atoms. The van der Waals surface area contributed by atoms with Gasteiger partial charge in [0.25, 0.3) is 0 Å². The third kappa shape index (κ3) is 3.43. The molecule has 0 saturated carbocycles. The fourth-order valence-corrected chi connectivity index (χ4v) is 2.42. The minimum Gasteiger partial charge on any atom is -0.496 e. The maximum atomic E-state index is 11.9. The summed E-state index contributed by atoms with van der Waals surface area (Å²) in [5.74, 6) is 1.08. The molecular formula is C17H22N2O3. The van der Waals surface area contributed by atoms with Gasteiger partial charge < -0.3 is 15.0 Å². The van der Waals surface area contributed by atoms with E-state index in [1.165, 1.54) is 0 Å². The Balaban J connectivity index is 3.52. The van der Waals surface area contributed by atoms with Crippen LogP contribution in [-0.2, 0) is 10.2 Å². The van der Waals surface area contributed by atoms with E-state index in [9.17, 15) is 4.79 Å². The number of ketones is 1. The van der Waals surface area contributed by atoms with Gasteiger partial charge in [0, 0.05) is 17.4 Å². The number of aryl methyl sites for hydroxylation is 1. The number of hydrogen-bond acceptors (Lipinski definition) is 3. The van der Waals surface area contributed by atoms with Crippen molar-refractivity contribution in [2.75, 3.05) is 14.2 Å². The highest BCUT2D eigenvalue weighted by molar-refractivity contribution is 6.25. The van der Waals surface area contributed by atoms with Gasteiger partial charge in [-0.1, -0.05) is 19.1 Å². The molecule has 22 heavy (non-hydrogen) atoms. The first kappa shape index (κ1) is 17.7. The van der Waals surface area contributed by atoms with Gasteiger partial charge in [0.1, 0.15) is 11.5 Å². The largest absolute Gasteiger partial charge is 0.496 e. The lowest BCUT2D eigenvalue weighted by molar-refractivity contribution is -0.116. The van der Waals surface area contributed by atoms with E-state index in [1.54, 1.807) is 14.2 Å². The first-order valence-corrected chi connectivity index (χ1v) is 6.89. The summed E-state index contributed by atoms with van der Waals surface area (Å²) >= 11 is 0. The van der Waals surface area contributed by atoms with E-state index >= 15 is 0 Å². The van der Waals surface area contributed by atoms with Crippen molar-refractivity contribution in [2.24, 2.45) is 0 Å². The lowest BCUT2D eigenvalue weighted by atomic mass is 9.72. The van der Waals surface area contributed by atoms with Crippen molar-refractivity contribution in [2.45, 2.75) is 32.6 Å². The molecule has 0 heterocycles. The summed E-state index contributed by atoms with van der Waals surface area (Å²) in [6.45, 7) is 9.70. The van der Waals surface area contributed by atoms with Crippen LogP contribution in [0.2, 0.25) is 0 Å². The van der Waals surface area contributed by atoms with Crippen LogP contribution in [0.5, 0.6) is 11.5 Å². The maximum absolute atomic E-state index is 11.9. The number of nitrogens with zero attached hydrogens (tertiary/aromatic N) is 2. The Morgan fingerprint density at radius 1 is 1.36 bits per heavy atom. The van der Waals surface area contributed by atoms with Crippen molar-refractivity contribution >= 4 is 12.0 Å². The van der Waals surface area contributed by atoms with Gasteiger partial charge >= 0.3 is 6.21 Å². The zero-order chi connectivity index (χ0) is 16.9. The van der Waals surface area contributed by atoms with E-state index in [2.05, 4.69) is 11.4 Å². The minimum absolute atomic E-state index is 0.120. The van der Waals surface area contributed by atoms with E-state index in [-0.39, 0.29) is 12.2 Å². The van der Waals surface area contributed by atoms with Gasteiger partial charge in [-0.25, -0.2) is 0 Å². The SMILES string of the molecule is C=C(C)C(C)(CC(=O)C=[N+]=[N-])c1cc(OC)c(C)cc1OC. The zero-order valence-corrected chi connectivity index (χ0v) is 13.8. The average molecular weight is 302 g/mol. The number of ether oxygens (including phenoxy) is 2. The molecule has 0 aliphatic rings. The normalized spacial score (nSPS) is 12.8. The van der Waals surface area contributed by atoms with Crippen LogP contribution >= 0.6 is 0 Å². The third-order valence-electron chi connectivity index (χ3n) is 3.98. The molecule has 0 amide bonds. The summed E-state index contributed by atoms with van der Waals surface area (Å²) in [6, 6.07) is 3.74. The average Bonchev–Trinajstić information content (AvgIpc) is 2.46. The molecule has 1 unspecified atom stereocenters. The Hall–Kier alpha value is -2.39. The van der Waals surface area contributed by atoms with E-state index in [1.807, 2.05) is 32.9 Å². The van der Waals surface area contributed by atoms with Gasteiger partial charge in [0.2, 0.25) is 5.78 Å². The van der Waals surface area contributed by atoms with Crippen molar-refractivity contribution in [1.29, 1.82) is 0 Å². The Labute approximate surface area is 131 Å². The number of benzene rings is 1. The lowest BCUT2D eigenvalue weighted by Crippen LogP contribution is -2.28. The highest BCUT2D eigenvalue weighted by Crippen LogP contribution is 2.42. The monoisotopic (exact) mass is 302 g/mol. The molecule has 0 N–H and O–H groups in total. The molecule has 0 aliphatic heterocycles. The van der Waals surface area contributed by atoms with Gasteiger partial charge in [-0.05, 0) is 31.5 Å². The Kier molecular flexibility index (Phi) is 5.66. The second kappa shape index (κ2) is 7.05. The number of methoxy groups -OCH3 is 2. The highest BCUT2D eigenvalue weighted by atomic mass is 16.5. The quantitative estimate of drug-likeness (QED) is 0.336. The van der Waals surface area contributed by atoms with Crippen molar-refractivity contribution in [1.82, 2.24) is 0 Å². The van der Waals surface area contributed by atoms with Crippen LogP contribution in [-0.4, -0.2) is 31.0 Å². The molecule has 0 fully saturated rings. The molecule has 1 atom stereocenters. The second-order valence-corrected chi connectivity index (χ2v) is 5.52. The fraction of sp³-hybridized carbons (Fsp3) is 0.412. The first-order chi connectivity index (χ1) is 10.3. The number of hydrogen-bond donors (Lipinski definition) is 0. The van der Waals surface area contributed by atoms with Gasteiger partial charge in [-0.3, -0.25) is 4.79 Å². The number of Topliss-reactive ketones (excluding diaryl/α,β-unsaturated/α-hetero) is 1. The van der Waals surface area contributed by atoms with Gasteiger partial charge in [0.15, 0.2) is 0 Å². The molecule has 0 saturated heterocycles. The second-order valence-electron chi connectivity index (χ2n) is 5.52. The molecule has 5 nitrogen and oxygen atoms in total. The molecular weight excluding hydrogens is 280 g/mol. The number of carbonyl (C=O) groups is 1. The number of carbonyl (C=O) groups excluding carboxylic acids is 1. The van der Waals surface area contributed by atoms with Crippen LogP contribution in [0.3, 0.4) is 0 Å². The minimum atomic E-state index is -0.662. The van der Waals surface area contributed by atoms with Crippen LogP contribution in [0, 0.1) is 6.92 Å². The predicted octanol–water partition coefficient (Wildman–Crippen LogP) is 3.11. The van der Waals surface area contributed by atoms with Crippen molar-refractivity contribution in [3.8, 4) is 11.5 Å². The van der Waals surface area contributed by atoms with Crippen molar-refractivity contribution in [3.63, 3.8) is 0 Å². The number of rotatable bonds is 7. The van der Waals surface area contributed by atoms with E-state index in [4.69, 9.17) is 15.0 Å². The Bertz CT molecular complexity index is 646. The van der Waals surface area contributed by atoms with Crippen LogP contribution in [0.1, 0.15) is 31.4 Å². The molecule has 1 rings (SSSR count). The molecule has 118 valence electrons. The molecule has 1 aromatic carbocycles. The van der Waals surface area contributed by atoms with Crippen LogP contribution in [0.4, 0.5) is 0 Å².